The number of hydrogen-bond acceptors (Lipinski definition) is 4. The number of halogens is 6. The van der Waals surface area contributed by atoms with Gasteiger partial charge >= 0.3 is 24.3 Å². The van der Waals surface area contributed by atoms with Gasteiger partial charge in [-0.15, -0.1) is 0 Å². The zero-order valence-electron chi connectivity index (χ0n) is 30.7. The number of benzene rings is 5. The third kappa shape index (κ3) is 14.8. The molecule has 300 valence electrons. The van der Waals surface area contributed by atoms with Crippen LogP contribution in [0.4, 0.5) is 26.3 Å². The van der Waals surface area contributed by atoms with Gasteiger partial charge in [0.2, 0.25) is 11.8 Å². The maximum Gasteiger partial charge on any atom is 0.416 e. The fourth-order valence-electron chi connectivity index (χ4n) is 6.10. The van der Waals surface area contributed by atoms with Crippen molar-refractivity contribution in [3.8, 4) is 0 Å². The molecule has 0 aliphatic heterocycles. The van der Waals surface area contributed by atoms with Crippen LogP contribution in [0.5, 0.6) is 0 Å². The number of fused-ring (bicyclic) bond motifs is 1. The molecule has 2 amide bonds. The number of carbonyl (C=O) groups excluding carboxylic acids is 2. The molecule has 5 aromatic carbocycles. The molecule has 0 aliphatic carbocycles. The Labute approximate surface area is 324 Å². The highest BCUT2D eigenvalue weighted by Gasteiger charge is 2.31. The standard InChI is InChI=1S/C23H20F3NO3.C20H20F3NO3/c24-23(25,26)19-9-6-15(7-10-19)13-21(28)27-20(14-22(29)30)12-16-5-8-17-3-1-2-4-18(17)11-16;1-13-3-2-4-15(9-13)11-18(25)24-17(12-19(26)27)10-14-5-7-16(8-6-14)20(21,22)23/h1-11,20H,12-14H2,(H,27,28)(H,29,30);2-9,17H,10-12H2,1H3,(H,24,25)(H,26,27)/t20-;17-/m11/s1. The first kappa shape index (κ1) is 43.5. The number of aryl methyl sites for hydroxylation is 1. The van der Waals surface area contributed by atoms with Crippen LogP contribution in [0.3, 0.4) is 0 Å². The van der Waals surface area contributed by atoms with Crippen molar-refractivity contribution >= 4 is 34.5 Å². The monoisotopic (exact) mass is 794 g/mol. The van der Waals surface area contributed by atoms with Gasteiger partial charge < -0.3 is 20.8 Å². The van der Waals surface area contributed by atoms with E-state index in [0.717, 1.165) is 51.7 Å². The van der Waals surface area contributed by atoms with Crippen molar-refractivity contribution in [2.75, 3.05) is 0 Å². The van der Waals surface area contributed by atoms with E-state index >= 15 is 0 Å². The minimum absolute atomic E-state index is 0.102. The SMILES string of the molecule is Cc1cccc(CC(=O)N[C@@H](CC(=O)O)Cc2ccc(C(F)(F)F)cc2)c1.O=C(O)C[C@@H](Cc1ccc2ccccc2c1)NC(=O)Cc1ccc(C(F)(F)F)cc1. The molecule has 57 heavy (non-hydrogen) atoms. The Balaban J connectivity index is 0.000000254. The van der Waals surface area contributed by atoms with Gasteiger partial charge in [0.25, 0.3) is 0 Å². The van der Waals surface area contributed by atoms with Gasteiger partial charge in [0, 0.05) is 12.1 Å². The van der Waals surface area contributed by atoms with Crippen LogP contribution in [0.25, 0.3) is 10.8 Å². The molecule has 4 N–H and O–H groups in total. The summed E-state index contributed by atoms with van der Waals surface area (Å²) in [5.74, 6) is -2.92. The summed E-state index contributed by atoms with van der Waals surface area (Å²) in [6.45, 7) is 1.90. The fourth-order valence-corrected chi connectivity index (χ4v) is 6.10. The summed E-state index contributed by atoms with van der Waals surface area (Å²) >= 11 is 0. The van der Waals surface area contributed by atoms with Crippen molar-refractivity contribution in [3.05, 3.63) is 154 Å². The van der Waals surface area contributed by atoms with Crippen molar-refractivity contribution in [1.29, 1.82) is 0 Å². The first-order chi connectivity index (χ1) is 26.8. The van der Waals surface area contributed by atoms with Crippen molar-refractivity contribution in [2.45, 2.75) is 69.9 Å². The smallest absolute Gasteiger partial charge is 0.416 e. The summed E-state index contributed by atoms with van der Waals surface area (Å²) < 4.78 is 75.8. The molecule has 14 heteroatoms. The molecule has 2 atom stereocenters. The van der Waals surface area contributed by atoms with Gasteiger partial charge in [-0.3, -0.25) is 19.2 Å². The van der Waals surface area contributed by atoms with Crippen LogP contribution in [0.2, 0.25) is 0 Å². The van der Waals surface area contributed by atoms with Gasteiger partial charge in [-0.2, -0.15) is 26.3 Å². The fraction of sp³-hybridized carbons (Fsp3) is 0.256. The van der Waals surface area contributed by atoms with E-state index in [-0.39, 0.29) is 38.0 Å². The lowest BCUT2D eigenvalue weighted by Crippen LogP contribution is -2.39. The summed E-state index contributed by atoms with van der Waals surface area (Å²) in [7, 11) is 0. The summed E-state index contributed by atoms with van der Waals surface area (Å²) in [5, 5.41) is 25.7. The van der Waals surface area contributed by atoms with Gasteiger partial charge in [-0.25, -0.2) is 0 Å². The van der Waals surface area contributed by atoms with Crippen LogP contribution in [-0.4, -0.2) is 46.0 Å². The van der Waals surface area contributed by atoms with Gasteiger partial charge in [0.15, 0.2) is 0 Å². The van der Waals surface area contributed by atoms with Crippen molar-refractivity contribution in [3.63, 3.8) is 0 Å². The number of aliphatic carboxylic acids is 2. The molecule has 0 radical (unpaired) electrons. The second kappa shape index (κ2) is 19.6. The average Bonchev–Trinajstić information content (AvgIpc) is 3.11. The molecule has 0 saturated heterocycles. The van der Waals surface area contributed by atoms with E-state index in [1.807, 2.05) is 67.6 Å². The summed E-state index contributed by atoms with van der Waals surface area (Å²) in [5.41, 5.74) is 2.07. The van der Waals surface area contributed by atoms with Crippen molar-refractivity contribution in [2.24, 2.45) is 0 Å². The molecule has 5 rings (SSSR count). The van der Waals surface area contributed by atoms with Crippen LogP contribution in [0.1, 0.15) is 51.8 Å². The molecule has 0 unspecified atom stereocenters. The molecule has 0 bridgehead atoms. The van der Waals surface area contributed by atoms with Crippen LogP contribution in [0.15, 0.2) is 115 Å². The lowest BCUT2D eigenvalue weighted by molar-refractivity contribution is -0.139. The number of amides is 2. The highest BCUT2D eigenvalue weighted by atomic mass is 19.4. The Morgan fingerprint density at radius 3 is 1.47 bits per heavy atom. The second-order valence-electron chi connectivity index (χ2n) is 13.5. The maximum absolute atomic E-state index is 12.6. The molecule has 0 aromatic heterocycles. The molecule has 0 saturated carbocycles. The van der Waals surface area contributed by atoms with Crippen LogP contribution in [-0.2, 0) is 57.2 Å². The number of carbonyl (C=O) groups is 4. The van der Waals surface area contributed by atoms with E-state index in [2.05, 4.69) is 10.6 Å². The molecule has 5 aromatic rings. The van der Waals surface area contributed by atoms with E-state index in [1.165, 1.54) is 24.3 Å². The van der Waals surface area contributed by atoms with E-state index in [9.17, 15) is 50.6 Å². The molecule has 8 nitrogen and oxygen atoms in total. The summed E-state index contributed by atoms with van der Waals surface area (Å²) in [6.07, 6.45) is -9.02. The first-order valence-corrected chi connectivity index (χ1v) is 17.7. The Hall–Kier alpha value is -6.18. The number of nitrogens with one attached hydrogen (secondary N) is 2. The number of hydrogen-bond donors (Lipinski definition) is 4. The largest absolute Gasteiger partial charge is 0.481 e. The zero-order valence-corrected chi connectivity index (χ0v) is 30.7. The van der Waals surface area contributed by atoms with Crippen LogP contribution in [0, 0.1) is 6.92 Å². The Morgan fingerprint density at radius 2 is 0.982 bits per heavy atom. The molecule has 0 aliphatic rings. The lowest BCUT2D eigenvalue weighted by atomic mass is 9.99. The van der Waals surface area contributed by atoms with Gasteiger partial charge in [-0.05, 0) is 77.1 Å². The predicted octanol–water partition coefficient (Wildman–Crippen LogP) is 8.36. The first-order valence-electron chi connectivity index (χ1n) is 17.7. The molecular weight excluding hydrogens is 754 g/mol. The van der Waals surface area contributed by atoms with E-state index < -0.39 is 53.4 Å². The summed E-state index contributed by atoms with van der Waals surface area (Å²) in [4.78, 5) is 46.9. The molecule has 0 spiro atoms. The highest BCUT2D eigenvalue weighted by Crippen LogP contribution is 2.30. The van der Waals surface area contributed by atoms with E-state index in [1.54, 1.807) is 6.07 Å². The third-order valence-corrected chi connectivity index (χ3v) is 8.72. The quantitative estimate of drug-likeness (QED) is 0.0836. The lowest BCUT2D eigenvalue weighted by Gasteiger charge is -2.18. The second-order valence-corrected chi connectivity index (χ2v) is 13.5. The number of alkyl halides is 6. The highest BCUT2D eigenvalue weighted by molar-refractivity contribution is 5.83. The Kier molecular flexibility index (Phi) is 15.0. The Bertz CT molecular complexity index is 2150. The van der Waals surface area contributed by atoms with Gasteiger partial charge in [0.05, 0.1) is 36.8 Å². The number of carboxylic acid groups (broad SMARTS) is 2. The predicted molar refractivity (Wildman–Crippen MR) is 201 cm³/mol. The Morgan fingerprint density at radius 1 is 0.526 bits per heavy atom. The topological polar surface area (TPSA) is 133 Å². The normalized spacial score (nSPS) is 12.5. The molecule has 0 heterocycles. The summed E-state index contributed by atoms with van der Waals surface area (Å²) in [6, 6.07) is 28.4. The average molecular weight is 795 g/mol. The van der Waals surface area contributed by atoms with Gasteiger partial charge in [-0.1, -0.05) is 96.6 Å². The number of carboxylic acids is 2. The zero-order chi connectivity index (χ0) is 41.8. The molecular formula is C43H40F6N2O6. The number of rotatable bonds is 14. The van der Waals surface area contributed by atoms with Gasteiger partial charge in [0.1, 0.15) is 0 Å². The van der Waals surface area contributed by atoms with Crippen molar-refractivity contribution < 1.29 is 55.7 Å². The van der Waals surface area contributed by atoms with Crippen LogP contribution >= 0.6 is 0 Å². The van der Waals surface area contributed by atoms with Crippen LogP contribution < -0.4 is 10.6 Å². The van der Waals surface area contributed by atoms with E-state index in [4.69, 9.17) is 5.11 Å². The maximum atomic E-state index is 12.6. The third-order valence-electron chi connectivity index (χ3n) is 8.72. The molecule has 0 fully saturated rings. The van der Waals surface area contributed by atoms with E-state index in [0.29, 0.717) is 17.5 Å². The minimum atomic E-state index is -4.44. The van der Waals surface area contributed by atoms with Crippen molar-refractivity contribution in [1.82, 2.24) is 10.6 Å². The minimum Gasteiger partial charge on any atom is -0.481 e.